The van der Waals surface area contributed by atoms with Gasteiger partial charge in [-0.2, -0.15) is 26.3 Å². The number of anilines is 1. The molecule has 2 aromatic rings. The van der Waals surface area contributed by atoms with Gasteiger partial charge in [0.05, 0.1) is 11.1 Å². The Balaban J connectivity index is 1.65. The maximum atomic E-state index is 13.4. The number of hydrogen-bond donors (Lipinski definition) is 2. The van der Waals surface area contributed by atoms with Crippen molar-refractivity contribution in [1.29, 1.82) is 0 Å². The summed E-state index contributed by atoms with van der Waals surface area (Å²) in [5.74, 6) is -1.32. The van der Waals surface area contributed by atoms with Gasteiger partial charge in [-0.15, -0.1) is 0 Å². The molecule has 0 spiro atoms. The number of alkyl halides is 6. The van der Waals surface area contributed by atoms with E-state index in [2.05, 4.69) is 10.3 Å². The summed E-state index contributed by atoms with van der Waals surface area (Å²) in [6.45, 7) is 3.86. The highest BCUT2D eigenvalue weighted by Crippen LogP contribution is 2.37. The van der Waals surface area contributed by atoms with E-state index >= 15 is 0 Å². The standard InChI is InChI=1S/C27H32F6N4O3/c1-4-7-19-14-18(36-24(39)25(2,3)40-21-9-6-5-8-20(21)27(31,32)33)12-13-37(19)22-11-10-17(15-34-22)23(38)35-16-26(28,29)30/h5-6,8-11,15,18-19H,4,7,12-14,16H2,1-3H3,(H,35,38)(H,36,39). The van der Waals surface area contributed by atoms with Crippen molar-refractivity contribution in [2.24, 2.45) is 0 Å². The number of hydrogen-bond acceptors (Lipinski definition) is 5. The van der Waals surface area contributed by atoms with Crippen LogP contribution >= 0.6 is 0 Å². The molecule has 3 rings (SSSR count). The third-order valence-electron chi connectivity index (χ3n) is 6.53. The largest absolute Gasteiger partial charge is 0.477 e. The predicted molar refractivity (Wildman–Crippen MR) is 136 cm³/mol. The average Bonchev–Trinajstić information content (AvgIpc) is 2.87. The van der Waals surface area contributed by atoms with Crippen molar-refractivity contribution in [2.45, 2.75) is 76.5 Å². The fraction of sp³-hybridized carbons (Fsp3) is 0.519. The zero-order valence-electron chi connectivity index (χ0n) is 22.3. The number of aromatic nitrogens is 1. The second kappa shape index (κ2) is 12.3. The van der Waals surface area contributed by atoms with Crippen LogP contribution in [0.25, 0.3) is 0 Å². The van der Waals surface area contributed by atoms with Gasteiger partial charge in [0.15, 0.2) is 5.60 Å². The molecule has 2 unspecified atom stereocenters. The van der Waals surface area contributed by atoms with Gasteiger partial charge in [-0.25, -0.2) is 4.98 Å². The summed E-state index contributed by atoms with van der Waals surface area (Å²) in [7, 11) is 0. The molecule has 2 heterocycles. The zero-order valence-corrected chi connectivity index (χ0v) is 22.3. The number of carbonyl (C=O) groups is 2. The first-order valence-corrected chi connectivity index (χ1v) is 12.8. The van der Waals surface area contributed by atoms with Gasteiger partial charge in [0, 0.05) is 24.8 Å². The summed E-state index contributed by atoms with van der Waals surface area (Å²) in [6, 6.07) is 7.37. The molecular formula is C27H32F6N4O3. The van der Waals surface area contributed by atoms with Crippen LogP contribution in [0.3, 0.4) is 0 Å². The molecule has 0 aliphatic carbocycles. The number of nitrogens with one attached hydrogen (secondary N) is 2. The molecule has 13 heteroatoms. The van der Waals surface area contributed by atoms with Gasteiger partial charge in [-0.1, -0.05) is 25.5 Å². The summed E-state index contributed by atoms with van der Waals surface area (Å²) in [5.41, 5.74) is -2.55. The molecule has 0 bridgehead atoms. The highest BCUT2D eigenvalue weighted by Gasteiger charge is 2.39. The van der Waals surface area contributed by atoms with Crippen LogP contribution in [0, 0.1) is 0 Å². The Kier molecular flexibility index (Phi) is 9.57. The third kappa shape index (κ3) is 8.25. The second-order valence-electron chi connectivity index (χ2n) is 10.1. The number of para-hydroxylation sites is 1. The van der Waals surface area contributed by atoms with Crippen molar-refractivity contribution in [3.05, 3.63) is 53.7 Å². The average molecular weight is 575 g/mol. The number of amides is 2. The van der Waals surface area contributed by atoms with Gasteiger partial charge in [-0.05, 0) is 57.4 Å². The van der Waals surface area contributed by atoms with E-state index in [1.165, 1.54) is 44.3 Å². The number of ether oxygens (including phenoxy) is 1. The van der Waals surface area contributed by atoms with Crippen LogP contribution in [0.4, 0.5) is 32.2 Å². The van der Waals surface area contributed by atoms with Crippen LogP contribution in [-0.2, 0) is 11.0 Å². The first-order valence-electron chi connectivity index (χ1n) is 12.8. The van der Waals surface area contributed by atoms with Crippen molar-refractivity contribution in [3.63, 3.8) is 0 Å². The Morgan fingerprint density at radius 1 is 1.07 bits per heavy atom. The van der Waals surface area contributed by atoms with E-state index in [9.17, 15) is 35.9 Å². The summed E-state index contributed by atoms with van der Waals surface area (Å²) in [4.78, 5) is 31.4. The summed E-state index contributed by atoms with van der Waals surface area (Å²) in [5, 5.41) is 4.72. The molecule has 2 N–H and O–H groups in total. The van der Waals surface area contributed by atoms with Crippen LogP contribution < -0.4 is 20.3 Å². The van der Waals surface area contributed by atoms with E-state index in [0.29, 0.717) is 25.2 Å². The Bertz CT molecular complexity index is 1170. The Hall–Kier alpha value is -3.51. The van der Waals surface area contributed by atoms with Gasteiger partial charge >= 0.3 is 12.4 Å². The van der Waals surface area contributed by atoms with E-state index in [-0.39, 0.29) is 17.6 Å². The number of piperidine rings is 1. The van der Waals surface area contributed by atoms with Crippen LogP contribution in [-0.4, -0.2) is 53.7 Å². The normalized spacial score (nSPS) is 18.3. The minimum atomic E-state index is -4.64. The van der Waals surface area contributed by atoms with E-state index in [4.69, 9.17) is 4.74 Å². The SMILES string of the molecule is CCCC1CC(NC(=O)C(C)(C)Oc2ccccc2C(F)(F)F)CCN1c1ccc(C(=O)NCC(F)(F)F)cn1. The Morgan fingerprint density at radius 2 is 1.77 bits per heavy atom. The lowest BCUT2D eigenvalue weighted by molar-refractivity contribution is -0.143. The van der Waals surface area contributed by atoms with Gasteiger partial charge in [0.1, 0.15) is 18.1 Å². The first kappa shape index (κ1) is 31.0. The molecule has 0 radical (unpaired) electrons. The molecule has 1 fully saturated rings. The molecule has 220 valence electrons. The van der Waals surface area contributed by atoms with Gasteiger partial charge in [0.25, 0.3) is 11.8 Å². The summed E-state index contributed by atoms with van der Waals surface area (Å²) < 4.78 is 82.8. The lowest BCUT2D eigenvalue weighted by atomic mass is 9.93. The van der Waals surface area contributed by atoms with E-state index < -0.39 is 47.6 Å². The molecular weight excluding hydrogens is 542 g/mol. The smallest absolute Gasteiger partial charge is 0.419 e. The number of pyridine rings is 1. The van der Waals surface area contributed by atoms with Crippen molar-refractivity contribution in [1.82, 2.24) is 15.6 Å². The molecule has 1 aliphatic rings. The van der Waals surface area contributed by atoms with E-state index in [0.717, 1.165) is 18.9 Å². The fourth-order valence-corrected chi connectivity index (χ4v) is 4.53. The Labute approximate surface area is 228 Å². The van der Waals surface area contributed by atoms with E-state index in [1.807, 2.05) is 11.8 Å². The molecule has 40 heavy (non-hydrogen) atoms. The number of halogens is 6. The molecule has 0 saturated carbocycles. The number of benzene rings is 1. The first-order chi connectivity index (χ1) is 18.6. The highest BCUT2D eigenvalue weighted by molar-refractivity contribution is 5.94. The second-order valence-corrected chi connectivity index (χ2v) is 10.1. The quantitative estimate of drug-likeness (QED) is 0.387. The monoisotopic (exact) mass is 574 g/mol. The Morgan fingerprint density at radius 3 is 2.38 bits per heavy atom. The molecule has 1 saturated heterocycles. The number of nitrogens with zero attached hydrogens (tertiary/aromatic N) is 2. The molecule has 1 aromatic carbocycles. The lowest BCUT2D eigenvalue weighted by Crippen LogP contribution is -2.55. The minimum Gasteiger partial charge on any atom is -0.477 e. The molecule has 2 atom stereocenters. The van der Waals surface area contributed by atoms with E-state index in [1.54, 1.807) is 11.4 Å². The number of carbonyl (C=O) groups excluding carboxylic acids is 2. The third-order valence-corrected chi connectivity index (χ3v) is 6.53. The molecule has 1 aliphatic heterocycles. The summed E-state index contributed by atoms with van der Waals surface area (Å²) >= 11 is 0. The topological polar surface area (TPSA) is 83.6 Å². The zero-order chi connectivity index (χ0) is 29.7. The van der Waals surface area contributed by atoms with Crippen LogP contribution in [0.15, 0.2) is 42.6 Å². The lowest BCUT2D eigenvalue weighted by Gasteiger charge is -2.41. The molecule has 1 aromatic heterocycles. The van der Waals surface area contributed by atoms with Gasteiger partial charge < -0.3 is 20.3 Å². The fourth-order valence-electron chi connectivity index (χ4n) is 4.53. The van der Waals surface area contributed by atoms with Crippen molar-refractivity contribution < 1.29 is 40.7 Å². The van der Waals surface area contributed by atoms with Crippen molar-refractivity contribution >= 4 is 17.6 Å². The van der Waals surface area contributed by atoms with Crippen LogP contribution in [0.5, 0.6) is 5.75 Å². The molecule has 7 nitrogen and oxygen atoms in total. The van der Waals surface area contributed by atoms with Crippen LogP contribution in [0.2, 0.25) is 0 Å². The predicted octanol–water partition coefficient (Wildman–Crippen LogP) is 5.50. The van der Waals surface area contributed by atoms with Gasteiger partial charge in [-0.3, -0.25) is 9.59 Å². The van der Waals surface area contributed by atoms with Crippen molar-refractivity contribution in [3.8, 4) is 5.75 Å². The molecule has 2 amide bonds. The minimum absolute atomic E-state index is 0.00322. The maximum Gasteiger partial charge on any atom is 0.419 e. The summed E-state index contributed by atoms with van der Waals surface area (Å²) in [6.07, 6.45) is -5.33. The van der Waals surface area contributed by atoms with Gasteiger partial charge in [0.2, 0.25) is 0 Å². The number of rotatable bonds is 9. The highest BCUT2D eigenvalue weighted by atomic mass is 19.4. The van der Waals surface area contributed by atoms with Crippen molar-refractivity contribution in [2.75, 3.05) is 18.0 Å². The maximum absolute atomic E-state index is 13.4. The van der Waals surface area contributed by atoms with Crippen LogP contribution in [0.1, 0.15) is 62.4 Å².